The molecule has 0 aromatic heterocycles. The highest BCUT2D eigenvalue weighted by Gasteiger charge is 2.17. The second kappa shape index (κ2) is 7.63. The number of rotatable bonds is 6. The van der Waals surface area contributed by atoms with Crippen LogP contribution in [0.4, 0.5) is 0 Å². The van der Waals surface area contributed by atoms with Crippen LogP contribution in [0.3, 0.4) is 0 Å². The summed E-state index contributed by atoms with van der Waals surface area (Å²) in [6, 6.07) is 0. The van der Waals surface area contributed by atoms with Crippen LogP contribution in [0, 0.1) is 0 Å². The Morgan fingerprint density at radius 3 is 2.44 bits per heavy atom. The minimum Gasteiger partial charge on any atom is -0.385 e. The first-order chi connectivity index (χ1) is 7.74. The van der Waals surface area contributed by atoms with Crippen molar-refractivity contribution in [3.63, 3.8) is 0 Å². The van der Waals surface area contributed by atoms with Gasteiger partial charge in [-0.15, -0.1) is 0 Å². The number of unbranched alkanes of at least 4 members (excludes halogenated alkanes) is 2. The fourth-order valence-electron chi connectivity index (χ4n) is 1.91. The molecule has 4 heteroatoms. The molecule has 0 radical (unpaired) electrons. The number of hydrogen-bond donors (Lipinski definition) is 0. The molecule has 94 valence electrons. The summed E-state index contributed by atoms with van der Waals surface area (Å²) in [5, 5.41) is 0. The number of hydrogen-bond acceptors (Lipinski definition) is 3. The van der Waals surface area contributed by atoms with E-state index in [0.29, 0.717) is 12.3 Å². The highest BCUT2D eigenvalue weighted by Crippen LogP contribution is 2.06. The molecular weight excluding hydrogens is 204 g/mol. The number of likely N-dealkylation sites (N-methyl/N-ethyl adjacent to an activating group) is 1. The SMILES string of the molecule is COCCCCCC(=O)N1CCN(C)CC1. The van der Waals surface area contributed by atoms with Gasteiger partial charge in [0.15, 0.2) is 0 Å². The molecule has 1 heterocycles. The maximum atomic E-state index is 11.8. The summed E-state index contributed by atoms with van der Waals surface area (Å²) < 4.78 is 4.98. The zero-order chi connectivity index (χ0) is 11.8. The number of methoxy groups -OCH3 is 1. The molecule has 1 amide bonds. The number of carbonyl (C=O) groups excluding carboxylic acids is 1. The van der Waals surface area contributed by atoms with Crippen LogP contribution in [0.2, 0.25) is 0 Å². The first-order valence-electron chi connectivity index (χ1n) is 6.19. The van der Waals surface area contributed by atoms with E-state index in [2.05, 4.69) is 11.9 Å². The van der Waals surface area contributed by atoms with Crippen LogP contribution >= 0.6 is 0 Å². The lowest BCUT2D eigenvalue weighted by atomic mass is 10.1. The van der Waals surface area contributed by atoms with Crippen LogP contribution in [0.5, 0.6) is 0 Å². The highest BCUT2D eigenvalue weighted by molar-refractivity contribution is 5.76. The molecule has 16 heavy (non-hydrogen) atoms. The number of carbonyl (C=O) groups is 1. The Kier molecular flexibility index (Phi) is 6.42. The van der Waals surface area contributed by atoms with Gasteiger partial charge in [-0.05, 0) is 19.9 Å². The van der Waals surface area contributed by atoms with E-state index in [1.165, 1.54) is 0 Å². The van der Waals surface area contributed by atoms with E-state index in [4.69, 9.17) is 4.74 Å². The Labute approximate surface area is 98.5 Å². The zero-order valence-electron chi connectivity index (χ0n) is 10.6. The van der Waals surface area contributed by atoms with Crippen molar-refractivity contribution in [1.82, 2.24) is 9.80 Å². The van der Waals surface area contributed by atoms with Gasteiger partial charge in [-0.25, -0.2) is 0 Å². The molecule has 1 aliphatic heterocycles. The molecule has 1 rings (SSSR count). The lowest BCUT2D eigenvalue weighted by molar-refractivity contribution is -0.132. The van der Waals surface area contributed by atoms with Gasteiger partial charge in [-0.2, -0.15) is 0 Å². The molecule has 0 aliphatic carbocycles. The Bertz CT molecular complexity index is 201. The molecule has 0 spiro atoms. The average molecular weight is 228 g/mol. The molecule has 0 saturated carbocycles. The zero-order valence-corrected chi connectivity index (χ0v) is 10.6. The Hall–Kier alpha value is -0.610. The van der Waals surface area contributed by atoms with Gasteiger partial charge in [0.1, 0.15) is 0 Å². The third kappa shape index (κ3) is 4.94. The summed E-state index contributed by atoms with van der Waals surface area (Å²) in [4.78, 5) is 16.1. The van der Waals surface area contributed by atoms with Crippen LogP contribution in [0.1, 0.15) is 25.7 Å². The fraction of sp³-hybridized carbons (Fsp3) is 0.917. The van der Waals surface area contributed by atoms with Crippen molar-refractivity contribution in [2.24, 2.45) is 0 Å². The summed E-state index contributed by atoms with van der Waals surface area (Å²) in [5.41, 5.74) is 0. The van der Waals surface area contributed by atoms with E-state index in [0.717, 1.165) is 52.0 Å². The third-order valence-corrected chi connectivity index (χ3v) is 3.10. The summed E-state index contributed by atoms with van der Waals surface area (Å²) >= 11 is 0. The average Bonchev–Trinajstić information content (AvgIpc) is 2.29. The third-order valence-electron chi connectivity index (χ3n) is 3.10. The van der Waals surface area contributed by atoms with Crippen molar-refractivity contribution < 1.29 is 9.53 Å². The number of piperazine rings is 1. The Morgan fingerprint density at radius 1 is 1.12 bits per heavy atom. The minimum absolute atomic E-state index is 0.325. The first kappa shape index (κ1) is 13.5. The number of nitrogens with zero attached hydrogens (tertiary/aromatic N) is 2. The van der Waals surface area contributed by atoms with Gasteiger partial charge >= 0.3 is 0 Å². The highest BCUT2D eigenvalue weighted by atomic mass is 16.5. The summed E-state index contributed by atoms with van der Waals surface area (Å²) in [6.07, 6.45) is 3.85. The van der Waals surface area contributed by atoms with E-state index in [1.54, 1.807) is 7.11 Å². The standard InChI is InChI=1S/C12H24N2O2/c1-13-7-9-14(10-8-13)12(15)6-4-3-5-11-16-2/h3-11H2,1-2H3. The number of amides is 1. The molecule has 0 unspecified atom stereocenters. The van der Waals surface area contributed by atoms with E-state index in [-0.39, 0.29) is 0 Å². The molecule has 0 aromatic rings. The smallest absolute Gasteiger partial charge is 0.222 e. The van der Waals surface area contributed by atoms with Crippen molar-refractivity contribution in [3.8, 4) is 0 Å². The van der Waals surface area contributed by atoms with Gasteiger partial charge < -0.3 is 14.5 Å². The van der Waals surface area contributed by atoms with Gasteiger partial charge in [-0.1, -0.05) is 6.42 Å². The van der Waals surface area contributed by atoms with Crippen molar-refractivity contribution in [1.29, 1.82) is 0 Å². The quantitative estimate of drug-likeness (QED) is 0.635. The van der Waals surface area contributed by atoms with Gasteiger partial charge in [0, 0.05) is 46.3 Å². The molecule has 4 nitrogen and oxygen atoms in total. The second-order valence-corrected chi connectivity index (χ2v) is 4.49. The molecule has 0 atom stereocenters. The maximum Gasteiger partial charge on any atom is 0.222 e. The molecule has 1 saturated heterocycles. The largest absolute Gasteiger partial charge is 0.385 e. The van der Waals surface area contributed by atoms with E-state index in [1.807, 2.05) is 4.90 Å². The van der Waals surface area contributed by atoms with Gasteiger partial charge in [-0.3, -0.25) is 4.79 Å². The fourth-order valence-corrected chi connectivity index (χ4v) is 1.91. The van der Waals surface area contributed by atoms with Crippen molar-refractivity contribution in [2.45, 2.75) is 25.7 Å². The summed E-state index contributed by atoms with van der Waals surface area (Å²) in [5.74, 6) is 0.325. The topological polar surface area (TPSA) is 32.8 Å². The Morgan fingerprint density at radius 2 is 1.81 bits per heavy atom. The number of ether oxygens (including phenoxy) is 1. The van der Waals surface area contributed by atoms with Gasteiger partial charge in [0.05, 0.1) is 0 Å². The van der Waals surface area contributed by atoms with Crippen LogP contribution < -0.4 is 0 Å². The van der Waals surface area contributed by atoms with Crippen LogP contribution in [0.15, 0.2) is 0 Å². The van der Waals surface area contributed by atoms with E-state index >= 15 is 0 Å². The summed E-state index contributed by atoms with van der Waals surface area (Å²) in [7, 11) is 3.82. The second-order valence-electron chi connectivity index (χ2n) is 4.49. The molecule has 0 bridgehead atoms. The first-order valence-corrected chi connectivity index (χ1v) is 6.19. The normalized spacial score (nSPS) is 17.8. The van der Waals surface area contributed by atoms with Gasteiger partial charge in [0.2, 0.25) is 5.91 Å². The summed E-state index contributed by atoms with van der Waals surface area (Å²) in [6.45, 7) is 4.62. The van der Waals surface area contributed by atoms with Crippen LogP contribution in [0.25, 0.3) is 0 Å². The lowest BCUT2D eigenvalue weighted by Gasteiger charge is -2.32. The Balaban J connectivity index is 2.06. The van der Waals surface area contributed by atoms with Crippen LogP contribution in [-0.2, 0) is 9.53 Å². The van der Waals surface area contributed by atoms with Crippen LogP contribution in [-0.4, -0.2) is 62.7 Å². The molecule has 1 aliphatic rings. The lowest BCUT2D eigenvalue weighted by Crippen LogP contribution is -2.47. The van der Waals surface area contributed by atoms with Crippen molar-refractivity contribution in [2.75, 3.05) is 46.9 Å². The van der Waals surface area contributed by atoms with E-state index < -0.39 is 0 Å². The van der Waals surface area contributed by atoms with Gasteiger partial charge in [0.25, 0.3) is 0 Å². The molecular formula is C12H24N2O2. The predicted octanol–water partition coefficient (Wildman–Crippen LogP) is 0.967. The van der Waals surface area contributed by atoms with E-state index in [9.17, 15) is 4.79 Å². The maximum absolute atomic E-state index is 11.8. The van der Waals surface area contributed by atoms with Crippen molar-refractivity contribution >= 4 is 5.91 Å². The molecule has 1 fully saturated rings. The predicted molar refractivity (Wildman–Crippen MR) is 64.4 cm³/mol. The minimum atomic E-state index is 0.325. The molecule has 0 N–H and O–H groups in total. The molecule has 0 aromatic carbocycles. The van der Waals surface area contributed by atoms with Crippen molar-refractivity contribution in [3.05, 3.63) is 0 Å². The monoisotopic (exact) mass is 228 g/mol.